The van der Waals surface area contributed by atoms with Crippen molar-refractivity contribution in [1.82, 2.24) is 5.32 Å². The summed E-state index contributed by atoms with van der Waals surface area (Å²) in [5, 5.41) is 6.43. The van der Waals surface area contributed by atoms with Crippen molar-refractivity contribution in [1.29, 1.82) is 0 Å². The lowest BCUT2D eigenvalue weighted by Gasteiger charge is -2.17. The zero-order valence-corrected chi connectivity index (χ0v) is 14.7. The van der Waals surface area contributed by atoms with Gasteiger partial charge in [0.1, 0.15) is 0 Å². The van der Waals surface area contributed by atoms with Gasteiger partial charge in [-0.15, -0.1) is 0 Å². The zero-order chi connectivity index (χ0) is 17.0. The largest absolute Gasteiger partial charge is 0.331 e. The molecule has 2 aromatic carbocycles. The summed E-state index contributed by atoms with van der Waals surface area (Å²) < 4.78 is 0. The van der Waals surface area contributed by atoms with Crippen LogP contribution in [0.4, 0.5) is 10.5 Å². The van der Waals surface area contributed by atoms with Crippen LogP contribution in [0.2, 0.25) is 5.02 Å². The number of hydrogen-bond acceptors (Lipinski definition) is 1. The van der Waals surface area contributed by atoms with E-state index in [1.54, 1.807) is 6.07 Å². The van der Waals surface area contributed by atoms with Gasteiger partial charge in [0, 0.05) is 10.7 Å². The molecule has 2 N–H and O–H groups in total. The Hall–Kier alpha value is -2.00. The fourth-order valence-corrected chi connectivity index (χ4v) is 2.53. The van der Waals surface area contributed by atoms with Crippen molar-refractivity contribution in [3.05, 3.63) is 64.2 Å². The van der Waals surface area contributed by atoms with E-state index in [0.29, 0.717) is 10.9 Å². The number of carbonyl (C=O) groups excluding carboxylic acids is 1. The predicted octanol–water partition coefficient (Wildman–Crippen LogP) is 5.65. The first-order valence-electron chi connectivity index (χ1n) is 7.81. The Morgan fingerprint density at radius 2 is 1.61 bits per heavy atom. The van der Waals surface area contributed by atoms with Crippen molar-refractivity contribution >= 4 is 23.3 Å². The standard InChI is InChI=1S/C19H23ClN2O/c1-12(2)15-8-10-16(11-9-15)14(4)21-19(23)22-18-7-5-6-17(20)13(18)3/h5-12,14H,1-4H3,(H2,21,22,23)/t14-/m0/s1. The van der Waals surface area contributed by atoms with Crippen molar-refractivity contribution in [3.63, 3.8) is 0 Å². The second-order valence-electron chi connectivity index (χ2n) is 6.05. The number of carbonyl (C=O) groups is 1. The summed E-state index contributed by atoms with van der Waals surface area (Å²) in [5.41, 5.74) is 3.95. The van der Waals surface area contributed by atoms with Crippen molar-refractivity contribution in [3.8, 4) is 0 Å². The molecule has 0 saturated heterocycles. The number of nitrogens with one attached hydrogen (secondary N) is 2. The Kier molecular flexibility index (Phi) is 5.67. The molecule has 4 heteroatoms. The van der Waals surface area contributed by atoms with Gasteiger partial charge >= 0.3 is 6.03 Å². The lowest BCUT2D eigenvalue weighted by molar-refractivity contribution is 0.249. The highest BCUT2D eigenvalue weighted by Crippen LogP contribution is 2.23. The normalized spacial score (nSPS) is 12.1. The third-order valence-corrected chi connectivity index (χ3v) is 4.38. The van der Waals surface area contributed by atoms with Crippen LogP contribution in [0, 0.1) is 6.92 Å². The Morgan fingerprint density at radius 1 is 1.00 bits per heavy atom. The topological polar surface area (TPSA) is 41.1 Å². The number of halogens is 1. The first-order chi connectivity index (χ1) is 10.9. The second kappa shape index (κ2) is 7.51. The zero-order valence-electron chi connectivity index (χ0n) is 14.0. The van der Waals surface area contributed by atoms with Gasteiger partial charge in [0.25, 0.3) is 0 Å². The molecule has 0 saturated carbocycles. The van der Waals surface area contributed by atoms with Crippen molar-refractivity contribution in [2.75, 3.05) is 5.32 Å². The maximum Gasteiger partial charge on any atom is 0.319 e. The molecule has 23 heavy (non-hydrogen) atoms. The van der Waals surface area contributed by atoms with Crippen LogP contribution in [0.1, 0.15) is 49.4 Å². The highest BCUT2D eigenvalue weighted by atomic mass is 35.5. The summed E-state index contributed by atoms with van der Waals surface area (Å²) in [6.07, 6.45) is 0. The molecule has 0 unspecified atom stereocenters. The van der Waals surface area contributed by atoms with Crippen LogP contribution in [0.15, 0.2) is 42.5 Å². The van der Waals surface area contributed by atoms with Gasteiger partial charge in [-0.05, 0) is 48.6 Å². The van der Waals surface area contributed by atoms with Gasteiger partial charge in [0.15, 0.2) is 0 Å². The summed E-state index contributed by atoms with van der Waals surface area (Å²) >= 11 is 6.07. The lowest BCUT2D eigenvalue weighted by atomic mass is 10.00. The number of benzene rings is 2. The Morgan fingerprint density at radius 3 is 2.22 bits per heavy atom. The molecule has 0 fully saturated rings. The fraction of sp³-hybridized carbons (Fsp3) is 0.316. The maximum atomic E-state index is 12.2. The minimum Gasteiger partial charge on any atom is -0.331 e. The molecular formula is C19H23ClN2O. The molecule has 0 aromatic heterocycles. The van der Waals surface area contributed by atoms with E-state index in [2.05, 4.69) is 48.7 Å². The van der Waals surface area contributed by atoms with Crippen molar-refractivity contribution in [2.24, 2.45) is 0 Å². The number of amides is 2. The molecule has 2 amide bonds. The molecule has 0 radical (unpaired) electrons. The maximum absolute atomic E-state index is 12.2. The van der Waals surface area contributed by atoms with Gasteiger partial charge in [-0.25, -0.2) is 4.79 Å². The summed E-state index contributed by atoms with van der Waals surface area (Å²) in [7, 11) is 0. The summed E-state index contributed by atoms with van der Waals surface area (Å²) in [5.74, 6) is 0.501. The SMILES string of the molecule is Cc1c(Cl)cccc1NC(=O)N[C@@H](C)c1ccc(C(C)C)cc1. The summed E-state index contributed by atoms with van der Waals surface area (Å²) in [6.45, 7) is 8.18. The quantitative estimate of drug-likeness (QED) is 0.746. The highest BCUT2D eigenvalue weighted by molar-refractivity contribution is 6.31. The van der Waals surface area contributed by atoms with Crippen LogP contribution in [-0.4, -0.2) is 6.03 Å². The molecule has 122 valence electrons. The molecule has 0 spiro atoms. The number of anilines is 1. The first kappa shape index (κ1) is 17.4. The molecule has 2 rings (SSSR count). The van der Waals surface area contributed by atoms with Gasteiger partial charge in [-0.3, -0.25) is 0 Å². The molecule has 0 bridgehead atoms. The van der Waals surface area contributed by atoms with E-state index in [9.17, 15) is 4.79 Å². The van der Waals surface area contributed by atoms with E-state index < -0.39 is 0 Å². The molecule has 0 heterocycles. The van der Waals surface area contributed by atoms with Crippen LogP contribution in [-0.2, 0) is 0 Å². The van der Waals surface area contributed by atoms with Gasteiger partial charge in [-0.1, -0.05) is 55.8 Å². The van der Waals surface area contributed by atoms with E-state index in [-0.39, 0.29) is 12.1 Å². The van der Waals surface area contributed by atoms with E-state index >= 15 is 0 Å². The molecule has 3 nitrogen and oxygen atoms in total. The fourth-order valence-electron chi connectivity index (χ4n) is 2.35. The van der Waals surface area contributed by atoms with Crippen LogP contribution >= 0.6 is 11.6 Å². The van der Waals surface area contributed by atoms with Gasteiger partial charge < -0.3 is 10.6 Å². The van der Waals surface area contributed by atoms with Gasteiger partial charge in [0.2, 0.25) is 0 Å². The van der Waals surface area contributed by atoms with E-state index in [1.165, 1.54) is 5.56 Å². The molecule has 0 aliphatic carbocycles. The lowest BCUT2D eigenvalue weighted by Crippen LogP contribution is -2.31. The summed E-state index contributed by atoms with van der Waals surface area (Å²) in [6, 6.07) is 13.5. The van der Waals surface area contributed by atoms with Crippen LogP contribution in [0.3, 0.4) is 0 Å². The minimum absolute atomic E-state index is 0.0734. The van der Waals surface area contributed by atoms with Gasteiger partial charge in [-0.2, -0.15) is 0 Å². The monoisotopic (exact) mass is 330 g/mol. The van der Waals surface area contributed by atoms with Gasteiger partial charge in [0.05, 0.1) is 6.04 Å². The van der Waals surface area contributed by atoms with E-state index in [0.717, 1.165) is 16.8 Å². The van der Waals surface area contributed by atoms with Crippen molar-refractivity contribution in [2.45, 2.75) is 39.7 Å². The Bertz CT molecular complexity index is 680. The minimum atomic E-state index is -0.240. The highest BCUT2D eigenvalue weighted by Gasteiger charge is 2.11. The molecule has 0 aliphatic rings. The van der Waals surface area contributed by atoms with E-state index in [4.69, 9.17) is 11.6 Å². The Labute approximate surface area is 143 Å². The Balaban J connectivity index is 2.00. The number of urea groups is 1. The van der Waals surface area contributed by atoms with Crippen molar-refractivity contribution < 1.29 is 4.79 Å². The van der Waals surface area contributed by atoms with Crippen LogP contribution in [0.25, 0.3) is 0 Å². The number of rotatable bonds is 4. The summed E-state index contributed by atoms with van der Waals surface area (Å²) in [4.78, 5) is 12.2. The third kappa shape index (κ3) is 4.49. The molecular weight excluding hydrogens is 308 g/mol. The average molecular weight is 331 g/mol. The number of hydrogen-bond donors (Lipinski definition) is 2. The molecule has 1 atom stereocenters. The average Bonchev–Trinajstić information content (AvgIpc) is 2.52. The first-order valence-corrected chi connectivity index (χ1v) is 8.18. The second-order valence-corrected chi connectivity index (χ2v) is 6.46. The van der Waals surface area contributed by atoms with Crippen LogP contribution < -0.4 is 10.6 Å². The predicted molar refractivity (Wildman–Crippen MR) is 97.3 cm³/mol. The smallest absolute Gasteiger partial charge is 0.319 e. The molecule has 0 aliphatic heterocycles. The molecule has 2 aromatic rings. The van der Waals surface area contributed by atoms with Crippen LogP contribution in [0.5, 0.6) is 0 Å². The third-order valence-electron chi connectivity index (χ3n) is 3.97. The van der Waals surface area contributed by atoms with E-state index in [1.807, 2.05) is 26.0 Å².